The van der Waals surface area contributed by atoms with E-state index in [1.807, 2.05) is 42.5 Å². The third-order valence-corrected chi connectivity index (χ3v) is 4.70. The van der Waals surface area contributed by atoms with Crippen LogP contribution in [0.3, 0.4) is 0 Å². The normalized spacial score (nSPS) is 10.9. The minimum atomic E-state index is -0.287. The zero-order valence-electron chi connectivity index (χ0n) is 13.4. The highest BCUT2D eigenvalue weighted by molar-refractivity contribution is 7.22. The maximum Gasteiger partial charge on any atom is 0.299 e. The van der Waals surface area contributed by atoms with Crippen molar-refractivity contribution in [2.75, 3.05) is 4.90 Å². The van der Waals surface area contributed by atoms with E-state index in [1.165, 1.54) is 11.3 Å². The van der Waals surface area contributed by atoms with Crippen molar-refractivity contribution in [3.05, 3.63) is 71.9 Å². The van der Waals surface area contributed by atoms with Crippen LogP contribution in [0.2, 0.25) is 0 Å². The average Bonchev–Trinajstić information content (AvgIpc) is 3.26. The number of amides is 1. The molecule has 0 spiro atoms. The second kappa shape index (κ2) is 6.45. The Labute approximate surface area is 147 Å². The van der Waals surface area contributed by atoms with Crippen LogP contribution in [0.1, 0.15) is 21.9 Å². The molecule has 4 rings (SSSR count). The van der Waals surface area contributed by atoms with Crippen molar-refractivity contribution in [2.45, 2.75) is 13.5 Å². The molecule has 1 aromatic carbocycles. The fourth-order valence-electron chi connectivity index (χ4n) is 2.45. The summed E-state index contributed by atoms with van der Waals surface area (Å²) in [5, 5.41) is 4.41. The van der Waals surface area contributed by atoms with Crippen molar-refractivity contribution in [1.82, 2.24) is 15.1 Å². The summed E-state index contributed by atoms with van der Waals surface area (Å²) in [5.41, 5.74) is 2.28. The van der Waals surface area contributed by atoms with E-state index in [9.17, 15) is 4.79 Å². The van der Waals surface area contributed by atoms with Gasteiger partial charge in [-0.05, 0) is 31.2 Å². The number of aryl methyl sites for hydroxylation is 1. The van der Waals surface area contributed by atoms with Gasteiger partial charge in [0.25, 0.3) is 5.91 Å². The quantitative estimate of drug-likeness (QED) is 0.559. The summed E-state index contributed by atoms with van der Waals surface area (Å²) in [7, 11) is 0. The number of hydrogen-bond donors (Lipinski definition) is 0. The van der Waals surface area contributed by atoms with Gasteiger partial charge in [0.2, 0.25) is 5.76 Å². The van der Waals surface area contributed by atoms with Crippen molar-refractivity contribution in [3.8, 4) is 0 Å². The van der Waals surface area contributed by atoms with Crippen LogP contribution in [0.15, 0.2) is 59.3 Å². The second-order valence-electron chi connectivity index (χ2n) is 5.51. The monoisotopic (exact) mass is 350 g/mol. The van der Waals surface area contributed by atoms with E-state index < -0.39 is 0 Å². The Kier molecular flexibility index (Phi) is 3.99. The lowest BCUT2D eigenvalue weighted by Crippen LogP contribution is -2.30. The van der Waals surface area contributed by atoms with Crippen molar-refractivity contribution in [3.63, 3.8) is 0 Å². The van der Waals surface area contributed by atoms with Gasteiger partial charge in [0, 0.05) is 12.3 Å². The molecule has 0 bridgehead atoms. The van der Waals surface area contributed by atoms with E-state index in [0.717, 1.165) is 15.9 Å². The molecule has 7 heteroatoms. The molecule has 6 nitrogen and oxygen atoms in total. The molecule has 0 aliphatic carbocycles. The van der Waals surface area contributed by atoms with E-state index in [0.29, 0.717) is 17.4 Å². The Morgan fingerprint density at radius 1 is 1.20 bits per heavy atom. The summed E-state index contributed by atoms with van der Waals surface area (Å²) in [5.74, 6) is -0.0991. The molecule has 0 unspecified atom stereocenters. The minimum absolute atomic E-state index is 0.188. The number of thiazole rings is 1. The molecular weight excluding hydrogens is 336 g/mol. The van der Waals surface area contributed by atoms with Crippen LogP contribution in [-0.2, 0) is 6.54 Å². The van der Waals surface area contributed by atoms with Crippen molar-refractivity contribution >= 4 is 32.6 Å². The lowest BCUT2D eigenvalue weighted by Gasteiger charge is -2.17. The van der Waals surface area contributed by atoms with Crippen LogP contribution in [0.25, 0.3) is 10.2 Å². The number of aromatic nitrogens is 3. The van der Waals surface area contributed by atoms with Crippen LogP contribution >= 0.6 is 11.3 Å². The molecule has 0 saturated heterocycles. The van der Waals surface area contributed by atoms with Gasteiger partial charge in [-0.2, -0.15) is 0 Å². The van der Waals surface area contributed by atoms with E-state index >= 15 is 0 Å². The zero-order valence-corrected chi connectivity index (χ0v) is 14.2. The fourth-order valence-corrected chi connectivity index (χ4v) is 3.42. The SMILES string of the molecule is Cc1cc(C(=O)N(Cc2ccccn2)c2nc3ccccc3s2)on1. The molecule has 3 heterocycles. The number of nitrogens with zero attached hydrogens (tertiary/aromatic N) is 4. The number of carbonyl (C=O) groups is 1. The summed E-state index contributed by atoms with van der Waals surface area (Å²) >= 11 is 1.46. The standard InChI is InChI=1S/C18H14N4O2S/c1-12-10-15(24-21-12)17(23)22(11-13-6-4-5-9-19-13)18-20-14-7-2-3-8-16(14)25-18/h2-10H,11H2,1H3. The predicted molar refractivity (Wildman–Crippen MR) is 95.6 cm³/mol. The van der Waals surface area contributed by atoms with Gasteiger partial charge in [0.15, 0.2) is 5.13 Å². The first-order valence-corrected chi connectivity index (χ1v) is 8.53. The van der Waals surface area contributed by atoms with Crippen LogP contribution < -0.4 is 4.90 Å². The summed E-state index contributed by atoms with van der Waals surface area (Å²) in [4.78, 5) is 23.5. The Morgan fingerprint density at radius 3 is 2.76 bits per heavy atom. The third-order valence-electron chi connectivity index (χ3n) is 3.64. The van der Waals surface area contributed by atoms with Crippen LogP contribution in [-0.4, -0.2) is 21.0 Å². The van der Waals surface area contributed by atoms with Gasteiger partial charge in [-0.15, -0.1) is 0 Å². The van der Waals surface area contributed by atoms with Crippen molar-refractivity contribution in [2.24, 2.45) is 0 Å². The first-order valence-electron chi connectivity index (χ1n) is 7.71. The third kappa shape index (κ3) is 3.14. The molecule has 0 radical (unpaired) electrons. The zero-order chi connectivity index (χ0) is 17.2. The lowest BCUT2D eigenvalue weighted by molar-refractivity contribution is 0.0949. The molecule has 0 N–H and O–H groups in total. The number of anilines is 1. The summed E-state index contributed by atoms with van der Waals surface area (Å²) in [6, 6.07) is 15.0. The molecule has 124 valence electrons. The number of rotatable bonds is 4. The van der Waals surface area contributed by atoms with Crippen LogP contribution in [0.5, 0.6) is 0 Å². The van der Waals surface area contributed by atoms with Gasteiger partial charge in [-0.3, -0.25) is 14.7 Å². The number of hydrogen-bond acceptors (Lipinski definition) is 6. The van der Waals surface area contributed by atoms with Gasteiger partial charge in [0.05, 0.1) is 28.1 Å². The molecule has 3 aromatic heterocycles. The number of fused-ring (bicyclic) bond motifs is 1. The lowest BCUT2D eigenvalue weighted by atomic mass is 10.3. The fraction of sp³-hybridized carbons (Fsp3) is 0.111. The van der Waals surface area contributed by atoms with E-state index in [-0.39, 0.29) is 11.7 Å². The summed E-state index contributed by atoms with van der Waals surface area (Å²) < 4.78 is 6.17. The summed E-state index contributed by atoms with van der Waals surface area (Å²) in [6.45, 7) is 2.08. The van der Waals surface area contributed by atoms with Crippen molar-refractivity contribution < 1.29 is 9.32 Å². The van der Waals surface area contributed by atoms with E-state index in [1.54, 1.807) is 24.1 Å². The van der Waals surface area contributed by atoms with E-state index in [2.05, 4.69) is 15.1 Å². The van der Waals surface area contributed by atoms with Crippen molar-refractivity contribution in [1.29, 1.82) is 0 Å². The molecule has 0 saturated carbocycles. The van der Waals surface area contributed by atoms with Gasteiger partial charge >= 0.3 is 0 Å². The second-order valence-corrected chi connectivity index (χ2v) is 6.52. The molecule has 0 fully saturated rings. The first-order chi connectivity index (χ1) is 12.2. The van der Waals surface area contributed by atoms with Crippen LogP contribution in [0.4, 0.5) is 5.13 Å². The number of pyridine rings is 1. The smallest absolute Gasteiger partial charge is 0.299 e. The number of carbonyl (C=O) groups excluding carboxylic acids is 1. The topological polar surface area (TPSA) is 72.1 Å². The first kappa shape index (κ1) is 15.5. The minimum Gasteiger partial charge on any atom is -0.351 e. The molecular formula is C18H14N4O2S. The van der Waals surface area contributed by atoms with Gasteiger partial charge in [-0.25, -0.2) is 4.98 Å². The predicted octanol–water partition coefficient (Wildman–Crippen LogP) is 3.83. The Hall–Kier alpha value is -3.06. The molecule has 0 atom stereocenters. The highest BCUT2D eigenvalue weighted by Gasteiger charge is 2.25. The Morgan fingerprint density at radius 2 is 2.04 bits per heavy atom. The van der Waals surface area contributed by atoms with Gasteiger partial charge in [-0.1, -0.05) is 34.7 Å². The molecule has 25 heavy (non-hydrogen) atoms. The maximum atomic E-state index is 13.0. The highest BCUT2D eigenvalue weighted by atomic mass is 32.1. The average molecular weight is 350 g/mol. The molecule has 4 aromatic rings. The number of para-hydroxylation sites is 1. The van der Waals surface area contributed by atoms with Gasteiger partial charge < -0.3 is 4.52 Å². The molecule has 0 aliphatic heterocycles. The van der Waals surface area contributed by atoms with Gasteiger partial charge in [0.1, 0.15) is 0 Å². The number of benzene rings is 1. The highest BCUT2D eigenvalue weighted by Crippen LogP contribution is 2.30. The largest absolute Gasteiger partial charge is 0.351 e. The summed E-state index contributed by atoms with van der Waals surface area (Å²) in [6.07, 6.45) is 1.70. The van der Waals surface area contributed by atoms with E-state index in [4.69, 9.17) is 4.52 Å². The molecule has 1 amide bonds. The maximum absolute atomic E-state index is 13.0. The Balaban J connectivity index is 1.75. The molecule has 0 aliphatic rings. The Bertz CT molecular complexity index is 993. The van der Waals surface area contributed by atoms with Crippen LogP contribution in [0, 0.1) is 6.92 Å².